The Balaban J connectivity index is 2.20. The largest absolute Gasteiger partial charge is 0.324 e. The molecule has 0 aliphatic rings. The van der Waals surface area contributed by atoms with Gasteiger partial charge in [-0.2, -0.15) is 0 Å². The Morgan fingerprint density at radius 3 is 2.37 bits per heavy atom. The van der Waals surface area contributed by atoms with E-state index >= 15 is 0 Å². The van der Waals surface area contributed by atoms with Crippen LogP contribution in [0, 0.1) is 11.6 Å². The summed E-state index contributed by atoms with van der Waals surface area (Å²) in [5.41, 5.74) is 7.30. The topological polar surface area (TPSA) is 26.0 Å². The van der Waals surface area contributed by atoms with Crippen LogP contribution >= 0.6 is 23.2 Å². The Morgan fingerprint density at radius 1 is 1.00 bits per heavy atom. The van der Waals surface area contributed by atoms with Gasteiger partial charge in [-0.25, -0.2) is 8.78 Å². The fourth-order valence-electron chi connectivity index (χ4n) is 1.79. The van der Waals surface area contributed by atoms with Crippen LogP contribution in [0.4, 0.5) is 8.78 Å². The van der Waals surface area contributed by atoms with Crippen molar-refractivity contribution in [1.29, 1.82) is 0 Å². The predicted molar refractivity (Wildman–Crippen MR) is 73.5 cm³/mol. The summed E-state index contributed by atoms with van der Waals surface area (Å²) in [4.78, 5) is 0. The molecule has 0 spiro atoms. The Bertz CT molecular complexity index is 602. The summed E-state index contributed by atoms with van der Waals surface area (Å²) in [6.45, 7) is 0. The van der Waals surface area contributed by atoms with E-state index in [1.165, 1.54) is 6.07 Å². The van der Waals surface area contributed by atoms with Gasteiger partial charge in [0.25, 0.3) is 0 Å². The maximum atomic E-state index is 13.1. The quantitative estimate of drug-likeness (QED) is 0.886. The lowest BCUT2D eigenvalue weighted by atomic mass is 9.99. The smallest absolute Gasteiger partial charge is 0.159 e. The van der Waals surface area contributed by atoms with Crippen molar-refractivity contribution in [3.05, 3.63) is 69.2 Å². The summed E-state index contributed by atoms with van der Waals surface area (Å²) >= 11 is 11.8. The van der Waals surface area contributed by atoms with Crippen LogP contribution in [0.2, 0.25) is 10.0 Å². The van der Waals surface area contributed by atoms with Crippen molar-refractivity contribution in [2.45, 2.75) is 12.5 Å². The maximum absolute atomic E-state index is 13.1. The average molecular weight is 302 g/mol. The molecule has 0 fully saturated rings. The van der Waals surface area contributed by atoms with Crippen LogP contribution in [0.25, 0.3) is 0 Å². The summed E-state index contributed by atoms with van der Waals surface area (Å²) in [7, 11) is 0. The number of rotatable bonds is 3. The number of hydrogen-bond donors (Lipinski definition) is 1. The molecule has 5 heteroatoms. The van der Waals surface area contributed by atoms with Crippen molar-refractivity contribution in [2.24, 2.45) is 5.73 Å². The van der Waals surface area contributed by atoms with E-state index in [-0.39, 0.29) is 0 Å². The molecule has 19 heavy (non-hydrogen) atoms. The van der Waals surface area contributed by atoms with E-state index in [1.54, 1.807) is 18.2 Å². The zero-order valence-electron chi connectivity index (χ0n) is 9.84. The second-order valence-electron chi connectivity index (χ2n) is 4.22. The van der Waals surface area contributed by atoms with Crippen LogP contribution in [0.5, 0.6) is 0 Å². The zero-order valence-corrected chi connectivity index (χ0v) is 11.3. The molecule has 0 saturated carbocycles. The Kier molecular flexibility index (Phi) is 4.40. The van der Waals surface area contributed by atoms with Crippen LogP contribution in [0.15, 0.2) is 36.4 Å². The van der Waals surface area contributed by atoms with Gasteiger partial charge in [-0.15, -0.1) is 0 Å². The molecule has 0 aliphatic heterocycles. The first-order valence-electron chi connectivity index (χ1n) is 5.62. The molecule has 2 N–H and O–H groups in total. The Hall–Kier alpha value is -1.16. The van der Waals surface area contributed by atoms with Gasteiger partial charge in [-0.1, -0.05) is 35.3 Å². The van der Waals surface area contributed by atoms with Gasteiger partial charge in [0.2, 0.25) is 0 Å². The highest BCUT2D eigenvalue weighted by Crippen LogP contribution is 2.25. The molecule has 2 aromatic rings. The van der Waals surface area contributed by atoms with Crippen LogP contribution in [0.1, 0.15) is 17.2 Å². The van der Waals surface area contributed by atoms with Crippen molar-refractivity contribution >= 4 is 23.2 Å². The second kappa shape index (κ2) is 5.87. The van der Waals surface area contributed by atoms with Gasteiger partial charge in [0.05, 0.1) is 0 Å². The molecule has 2 aromatic carbocycles. The van der Waals surface area contributed by atoms with Crippen molar-refractivity contribution in [3.8, 4) is 0 Å². The van der Waals surface area contributed by atoms with Gasteiger partial charge in [-0.05, 0) is 41.8 Å². The third-order valence-corrected chi connectivity index (χ3v) is 3.41. The van der Waals surface area contributed by atoms with E-state index in [9.17, 15) is 8.78 Å². The van der Waals surface area contributed by atoms with Crippen LogP contribution < -0.4 is 5.73 Å². The second-order valence-corrected chi connectivity index (χ2v) is 5.06. The first-order valence-corrected chi connectivity index (χ1v) is 6.37. The molecule has 0 aliphatic carbocycles. The molecule has 2 rings (SSSR count). The molecule has 0 saturated heterocycles. The highest BCUT2D eigenvalue weighted by molar-refractivity contribution is 6.35. The van der Waals surface area contributed by atoms with Crippen molar-refractivity contribution in [2.75, 3.05) is 0 Å². The lowest BCUT2D eigenvalue weighted by Gasteiger charge is -2.13. The fourth-order valence-corrected chi connectivity index (χ4v) is 2.27. The number of benzene rings is 2. The van der Waals surface area contributed by atoms with E-state index in [1.807, 2.05) is 0 Å². The highest BCUT2D eigenvalue weighted by Gasteiger charge is 2.12. The first kappa shape index (κ1) is 14.3. The molecule has 0 amide bonds. The molecule has 0 bridgehead atoms. The zero-order chi connectivity index (χ0) is 14.0. The summed E-state index contributed by atoms with van der Waals surface area (Å²) in [5, 5.41) is 1.04. The minimum atomic E-state index is -0.907. The lowest BCUT2D eigenvalue weighted by Crippen LogP contribution is -2.14. The molecular weight excluding hydrogens is 291 g/mol. The standard InChI is InChI=1S/C14H11Cl2F2N/c15-10-3-1-8(11(16)7-10)6-14(19)9-2-4-12(17)13(18)5-9/h1-5,7,14H,6,19H2. The molecule has 0 aromatic heterocycles. The summed E-state index contributed by atoms with van der Waals surface area (Å²) in [5.74, 6) is -1.80. The third-order valence-electron chi connectivity index (χ3n) is 2.83. The van der Waals surface area contributed by atoms with E-state index in [0.29, 0.717) is 22.0 Å². The molecule has 100 valence electrons. The average Bonchev–Trinajstić information content (AvgIpc) is 2.36. The summed E-state index contributed by atoms with van der Waals surface area (Å²) in [6, 6.07) is 8.26. The van der Waals surface area contributed by atoms with Gasteiger partial charge in [0.1, 0.15) is 0 Å². The summed E-state index contributed by atoms with van der Waals surface area (Å²) in [6.07, 6.45) is 0.418. The Morgan fingerprint density at radius 2 is 1.74 bits per heavy atom. The molecule has 1 atom stereocenters. The minimum absolute atomic E-state index is 0.418. The molecule has 0 radical (unpaired) electrons. The highest BCUT2D eigenvalue weighted by atomic mass is 35.5. The van der Waals surface area contributed by atoms with E-state index < -0.39 is 17.7 Å². The molecule has 1 unspecified atom stereocenters. The van der Waals surface area contributed by atoms with E-state index in [4.69, 9.17) is 28.9 Å². The van der Waals surface area contributed by atoms with Gasteiger partial charge < -0.3 is 5.73 Å². The van der Waals surface area contributed by atoms with E-state index in [0.717, 1.165) is 17.7 Å². The number of halogens is 4. The van der Waals surface area contributed by atoms with Crippen LogP contribution in [-0.2, 0) is 6.42 Å². The molecular formula is C14H11Cl2F2N. The lowest BCUT2D eigenvalue weighted by molar-refractivity contribution is 0.505. The third kappa shape index (κ3) is 3.44. The maximum Gasteiger partial charge on any atom is 0.159 e. The monoisotopic (exact) mass is 301 g/mol. The number of hydrogen-bond acceptors (Lipinski definition) is 1. The van der Waals surface area contributed by atoms with Crippen molar-refractivity contribution in [3.63, 3.8) is 0 Å². The predicted octanol–water partition coefficient (Wildman–Crippen LogP) is 4.51. The van der Waals surface area contributed by atoms with Gasteiger partial charge >= 0.3 is 0 Å². The molecule has 1 nitrogen and oxygen atoms in total. The van der Waals surface area contributed by atoms with E-state index in [2.05, 4.69) is 0 Å². The van der Waals surface area contributed by atoms with Crippen molar-refractivity contribution < 1.29 is 8.78 Å². The minimum Gasteiger partial charge on any atom is -0.324 e. The fraction of sp³-hybridized carbons (Fsp3) is 0.143. The van der Waals surface area contributed by atoms with Gasteiger partial charge in [-0.3, -0.25) is 0 Å². The molecule has 0 heterocycles. The normalized spacial score (nSPS) is 12.5. The SMILES string of the molecule is NC(Cc1ccc(Cl)cc1Cl)c1ccc(F)c(F)c1. The van der Waals surface area contributed by atoms with Crippen LogP contribution in [0.3, 0.4) is 0 Å². The van der Waals surface area contributed by atoms with Gasteiger partial charge in [0.15, 0.2) is 11.6 Å². The Labute approximate surface area is 119 Å². The van der Waals surface area contributed by atoms with Gasteiger partial charge in [0, 0.05) is 16.1 Å². The number of nitrogens with two attached hydrogens (primary N) is 1. The van der Waals surface area contributed by atoms with Crippen molar-refractivity contribution in [1.82, 2.24) is 0 Å². The summed E-state index contributed by atoms with van der Waals surface area (Å²) < 4.78 is 26.0. The first-order chi connectivity index (χ1) is 8.97. The van der Waals surface area contributed by atoms with Crippen LogP contribution in [-0.4, -0.2) is 0 Å².